The third-order valence-corrected chi connectivity index (χ3v) is 3.95. The van der Waals surface area contributed by atoms with Gasteiger partial charge in [-0.1, -0.05) is 12.1 Å². The molecule has 2 unspecified atom stereocenters. The highest BCUT2D eigenvalue weighted by molar-refractivity contribution is 5.50. The fourth-order valence-electron chi connectivity index (χ4n) is 2.89. The molecular weight excluding hydrogens is 278 g/mol. The summed E-state index contributed by atoms with van der Waals surface area (Å²) in [7, 11) is 1.64. The Hall–Kier alpha value is -2.58. The summed E-state index contributed by atoms with van der Waals surface area (Å²) in [5.74, 6) is 0.803. The summed E-state index contributed by atoms with van der Waals surface area (Å²) in [6, 6.07) is 13.5. The minimum Gasteiger partial charge on any atom is -0.497 e. The number of rotatable bonds is 3. The van der Waals surface area contributed by atoms with E-state index in [0.29, 0.717) is 18.7 Å². The first-order valence-corrected chi connectivity index (χ1v) is 7.16. The van der Waals surface area contributed by atoms with Gasteiger partial charge in [0.05, 0.1) is 31.1 Å². The molecule has 1 aromatic heterocycles. The van der Waals surface area contributed by atoms with Crippen molar-refractivity contribution >= 4 is 5.69 Å². The number of nitriles is 1. The van der Waals surface area contributed by atoms with Gasteiger partial charge in [0.15, 0.2) is 0 Å². The van der Waals surface area contributed by atoms with Crippen molar-refractivity contribution in [3.05, 3.63) is 53.9 Å². The number of anilines is 1. The number of aromatic nitrogens is 1. The second-order valence-electron chi connectivity index (χ2n) is 5.35. The molecular formula is C17H17N3O2. The van der Waals surface area contributed by atoms with Crippen molar-refractivity contribution < 1.29 is 9.84 Å². The van der Waals surface area contributed by atoms with Crippen molar-refractivity contribution in [2.75, 3.05) is 18.6 Å². The van der Waals surface area contributed by atoms with Crippen molar-refractivity contribution in [1.82, 2.24) is 4.98 Å². The Morgan fingerprint density at radius 2 is 2.23 bits per heavy atom. The molecule has 0 saturated carbocycles. The second kappa shape index (κ2) is 6.04. The van der Waals surface area contributed by atoms with Gasteiger partial charge in [-0.25, -0.2) is 4.98 Å². The number of pyridine rings is 1. The first-order chi connectivity index (χ1) is 10.7. The first kappa shape index (κ1) is 14.4. The molecule has 2 heterocycles. The summed E-state index contributed by atoms with van der Waals surface area (Å²) in [4.78, 5) is 6.24. The minimum atomic E-state index is -0.383. The molecule has 1 saturated heterocycles. The van der Waals surface area contributed by atoms with Crippen LogP contribution < -0.4 is 9.64 Å². The van der Waals surface area contributed by atoms with Crippen LogP contribution >= 0.6 is 0 Å². The standard InChI is InChI=1S/C17H17N3O2/c1-22-16-4-2-3-12(7-16)17-8-15(21)11-20(17)14-6-5-13(9-18)19-10-14/h2-7,10,15,17,21H,8,11H2,1H3. The van der Waals surface area contributed by atoms with Crippen LogP contribution in [-0.4, -0.2) is 29.8 Å². The fraction of sp³-hybridized carbons (Fsp3) is 0.294. The lowest BCUT2D eigenvalue weighted by Gasteiger charge is -2.26. The summed E-state index contributed by atoms with van der Waals surface area (Å²) in [5.41, 5.74) is 2.39. The van der Waals surface area contributed by atoms with E-state index in [1.165, 1.54) is 0 Å². The zero-order valence-electron chi connectivity index (χ0n) is 12.3. The molecule has 0 spiro atoms. The van der Waals surface area contributed by atoms with E-state index in [1.54, 1.807) is 19.4 Å². The minimum absolute atomic E-state index is 0.0693. The van der Waals surface area contributed by atoms with E-state index < -0.39 is 0 Å². The highest BCUT2D eigenvalue weighted by atomic mass is 16.5. The van der Waals surface area contributed by atoms with Gasteiger partial charge in [0.25, 0.3) is 0 Å². The highest BCUT2D eigenvalue weighted by Crippen LogP contribution is 2.37. The van der Waals surface area contributed by atoms with Crippen LogP contribution in [-0.2, 0) is 0 Å². The van der Waals surface area contributed by atoms with Gasteiger partial charge in [-0.3, -0.25) is 0 Å². The van der Waals surface area contributed by atoms with Gasteiger partial charge < -0.3 is 14.7 Å². The largest absolute Gasteiger partial charge is 0.497 e. The van der Waals surface area contributed by atoms with Gasteiger partial charge in [0.1, 0.15) is 17.5 Å². The molecule has 5 heteroatoms. The molecule has 1 N–H and O–H groups in total. The molecule has 22 heavy (non-hydrogen) atoms. The van der Waals surface area contributed by atoms with Crippen LogP contribution in [0.1, 0.15) is 23.7 Å². The van der Waals surface area contributed by atoms with Crippen LogP contribution in [0.5, 0.6) is 5.75 Å². The van der Waals surface area contributed by atoms with Crippen LogP contribution in [0.15, 0.2) is 42.6 Å². The fourth-order valence-corrected chi connectivity index (χ4v) is 2.89. The van der Waals surface area contributed by atoms with Gasteiger partial charge in [0.2, 0.25) is 0 Å². The highest BCUT2D eigenvalue weighted by Gasteiger charge is 2.32. The quantitative estimate of drug-likeness (QED) is 0.940. The van der Waals surface area contributed by atoms with Crippen molar-refractivity contribution in [1.29, 1.82) is 5.26 Å². The number of aliphatic hydroxyl groups excluding tert-OH is 1. The van der Waals surface area contributed by atoms with Gasteiger partial charge >= 0.3 is 0 Å². The smallest absolute Gasteiger partial charge is 0.140 e. The number of benzene rings is 1. The van der Waals surface area contributed by atoms with Crippen LogP contribution in [0, 0.1) is 11.3 Å². The molecule has 0 bridgehead atoms. The first-order valence-electron chi connectivity index (χ1n) is 7.16. The predicted octanol–water partition coefficient (Wildman–Crippen LogP) is 2.27. The Morgan fingerprint density at radius 1 is 1.36 bits per heavy atom. The maximum atomic E-state index is 10.1. The average Bonchev–Trinajstić information content (AvgIpc) is 2.97. The lowest BCUT2D eigenvalue weighted by molar-refractivity contribution is 0.194. The normalized spacial score (nSPS) is 20.7. The van der Waals surface area contributed by atoms with Gasteiger partial charge in [-0.2, -0.15) is 5.26 Å². The molecule has 2 aromatic rings. The van der Waals surface area contributed by atoms with Crippen molar-refractivity contribution in [3.8, 4) is 11.8 Å². The summed E-state index contributed by atoms with van der Waals surface area (Å²) < 4.78 is 5.28. The predicted molar refractivity (Wildman–Crippen MR) is 82.7 cm³/mol. The summed E-state index contributed by atoms with van der Waals surface area (Å²) in [6.07, 6.45) is 1.96. The number of nitrogens with zero attached hydrogens (tertiary/aromatic N) is 3. The van der Waals surface area contributed by atoms with E-state index in [0.717, 1.165) is 17.0 Å². The van der Waals surface area contributed by atoms with Crippen LogP contribution in [0.2, 0.25) is 0 Å². The number of β-amino-alcohol motifs (C(OH)–C–C–N with tert-alkyl or cyclic N) is 1. The zero-order chi connectivity index (χ0) is 15.5. The van der Waals surface area contributed by atoms with Gasteiger partial charge in [-0.05, 0) is 36.2 Å². The van der Waals surface area contributed by atoms with Crippen LogP contribution in [0.3, 0.4) is 0 Å². The molecule has 5 nitrogen and oxygen atoms in total. The molecule has 1 aliphatic heterocycles. The van der Waals surface area contributed by atoms with E-state index in [2.05, 4.69) is 9.88 Å². The molecule has 1 aromatic carbocycles. The zero-order valence-corrected chi connectivity index (χ0v) is 12.3. The van der Waals surface area contributed by atoms with Crippen molar-refractivity contribution in [2.24, 2.45) is 0 Å². The molecule has 1 fully saturated rings. The number of hydrogen-bond donors (Lipinski definition) is 1. The molecule has 0 aliphatic carbocycles. The Balaban J connectivity index is 1.92. The number of hydrogen-bond acceptors (Lipinski definition) is 5. The molecule has 3 rings (SSSR count). The third-order valence-electron chi connectivity index (χ3n) is 3.95. The van der Waals surface area contributed by atoms with E-state index in [1.807, 2.05) is 36.4 Å². The topological polar surface area (TPSA) is 69.4 Å². The summed E-state index contributed by atoms with van der Waals surface area (Å²) in [6.45, 7) is 0.551. The molecule has 112 valence electrons. The van der Waals surface area contributed by atoms with E-state index >= 15 is 0 Å². The summed E-state index contributed by atoms with van der Waals surface area (Å²) in [5, 5.41) is 18.9. The number of methoxy groups -OCH3 is 1. The lowest BCUT2D eigenvalue weighted by atomic mass is 10.0. The number of ether oxygens (including phenoxy) is 1. The Kier molecular flexibility index (Phi) is 3.94. The maximum Gasteiger partial charge on any atom is 0.140 e. The van der Waals surface area contributed by atoms with Crippen molar-refractivity contribution in [3.63, 3.8) is 0 Å². The van der Waals surface area contributed by atoms with E-state index in [-0.39, 0.29) is 12.1 Å². The van der Waals surface area contributed by atoms with Gasteiger partial charge in [0, 0.05) is 6.54 Å². The third kappa shape index (κ3) is 2.74. The molecule has 0 radical (unpaired) electrons. The monoisotopic (exact) mass is 295 g/mol. The molecule has 2 atom stereocenters. The Morgan fingerprint density at radius 3 is 2.91 bits per heavy atom. The molecule has 0 amide bonds. The van der Waals surface area contributed by atoms with E-state index in [4.69, 9.17) is 10.00 Å². The average molecular weight is 295 g/mol. The van der Waals surface area contributed by atoms with Crippen LogP contribution in [0.4, 0.5) is 5.69 Å². The lowest BCUT2D eigenvalue weighted by Crippen LogP contribution is -2.24. The maximum absolute atomic E-state index is 10.1. The van der Waals surface area contributed by atoms with Crippen LogP contribution in [0.25, 0.3) is 0 Å². The summed E-state index contributed by atoms with van der Waals surface area (Å²) >= 11 is 0. The SMILES string of the molecule is COc1cccc(C2CC(O)CN2c2ccc(C#N)nc2)c1. The second-order valence-corrected chi connectivity index (χ2v) is 5.35. The Labute approximate surface area is 129 Å². The number of aliphatic hydroxyl groups is 1. The van der Waals surface area contributed by atoms with Gasteiger partial charge in [-0.15, -0.1) is 0 Å². The Bertz CT molecular complexity index is 694. The van der Waals surface area contributed by atoms with Crippen molar-refractivity contribution in [2.45, 2.75) is 18.6 Å². The van der Waals surface area contributed by atoms with E-state index in [9.17, 15) is 5.11 Å². The molecule has 1 aliphatic rings.